The maximum Gasteiger partial charge on any atom is 0.255 e. The van der Waals surface area contributed by atoms with E-state index >= 15 is 0 Å². The van der Waals surface area contributed by atoms with E-state index in [1.165, 1.54) is 12.1 Å². The molecule has 0 bridgehead atoms. The molecule has 2 amide bonds. The van der Waals surface area contributed by atoms with Gasteiger partial charge in [-0.3, -0.25) is 9.59 Å². The summed E-state index contributed by atoms with van der Waals surface area (Å²) in [6, 6.07) is 21.9. The van der Waals surface area contributed by atoms with Gasteiger partial charge in [0.25, 0.3) is 5.91 Å². The summed E-state index contributed by atoms with van der Waals surface area (Å²) in [4.78, 5) is 26.7. The Balaban J connectivity index is 1.79. The summed E-state index contributed by atoms with van der Waals surface area (Å²) in [5.41, 5.74) is 3.33. The minimum atomic E-state index is -0.773. The number of ether oxygens (including phenoxy) is 2. The van der Waals surface area contributed by atoms with Crippen LogP contribution in [0.15, 0.2) is 77.9 Å². The zero-order valence-electron chi connectivity index (χ0n) is 18.7. The van der Waals surface area contributed by atoms with Gasteiger partial charge in [0.1, 0.15) is 0 Å². The molecule has 0 fully saturated rings. The monoisotopic (exact) mass is 443 g/mol. The molecule has 7 nitrogen and oxygen atoms in total. The maximum atomic E-state index is 13.8. The second-order valence-electron chi connectivity index (χ2n) is 7.64. The Bertz CT molecular complexity index is 1190. The fourth-order valence-electron chi connectivity index (χ4n) is 3.90. The summed E-state index contributed by atoms with van der Waals surface area (Å²) in [5.74, 6) is -0.329. The van der Waals surface area contributed by atoms with Crippen LogP contribution in [-0.2, 0) is 9.59 Å². The van der Waals surface area contributed by atoms with Crippen molar-refractivity contribution < 1.29 is 19.1 Å². The summed E-state index contributed by atoms with van der Waals surface area (Å²) in [6.07, 6.45) is -0.0532. The Kier molecular flexibility index (Phi) is 6.40. The van der Waals surface area contributed by atoms with Crippen molar-refractivity contribution in [2.45, 2.75) is 19.3 Å². The van der Waals surface area contributed by atoms with E-state index in [4.69, 9.17) is 9.47 Å². The molecule has 3 aromatic carbocycles. The molecule has 0 aliphatic carbocycles. The van der Waals surface area contributed by atoms with Gasteiger partial charge in [0.15, 0.2) is 11.5 Å². The second-order valence-corrected chi connectivity index (χ2v) is 7.64. The molecule has 0 saturated carbocycles. The number of para-hydroxylation sites is 2. The molecule has 3 aromatic rings. The number of rotatable bonds is 6. The van der Waals surface area contributed by atoms with Gasteiger partial charge >= 0.3 is 0 Å². The molecule has 0 aromatic heterocycles. The van der Waals surface area contributed by atoms with Crippen molar-refractivity contribution in [2.24, 2.45) is 5.10 Å². The average Bonchev–Trinajstić information content (AvgIpc) is 2.94. The Morgan fingerprint density at radius 1 is 0.970 bits per heavy atom. The van der Waals surface area contributed by atoms with Gasteiger partial charge < -0.3 is 14.8 Å². The molecule has 0 saturated heterocycles. The normalized spacial score (nSPS) is 15.2. The van der Waals surface area contributed by atoms with E-state index in [-0.39, 0.29) is 18.2 Å². The molecule has 1 atom stereocenters. The van der Waals surface area contributed by atoms with Gasteiger partial charge in [0.05, 0.1) is 31.5 Å². The van der Waals surface area contributed by atoms with Crippen LogP contribution in [0, 0.1) is 0 Å². The minimum absolute atomic E-state index is 0.0532. The molecule has 0 spiro atoms. The number of hydrazone groups is 1. The third-order valence-corrected chi connectivity index (χ3v) is 5.53. The fourth-order valence-corrected chi connectivity index (χ4v) is 3.90. The van der Waals surface area contributed by atoms with Gasteiger partial charge in [0.2, 0.25) is 5.91 Å². The number of hydrogen-bond acceptors (Lipinski definition) is 5. The molecule has 1 aliphatic heterocycles. The lowest BCUT2D eigenvalue weighted by molar-refractivity contribution is -0.124. The van der Waals surface area contributed by atoms with E-state index in [1.54, 1.807) is 31.4 Å². The highest BCUT2D eigenvalue weighted by molar-refractivity contribution is 6.10. The molecule has 1 aliphatic rings. The van der Waals surface area contributed by atoms with E-state index in [0.717, 1.165) is 5.56 Å². The van der Waals surface area contributed by atoms with Gasteiger partial charge in [0, 0.05) is 17.7 Å². The number of carbonyl (C=O) groups excluding carboxylic acids is 2. The third kappa shape index (κ3) is 4.57. The zero-order valence-corrected chi connectivity index (χ0v) is 18.7. The number of anilines is 2. The van der Waals surface area contributed by atoms with Crippen LogP contribution < -0.4 is 19.8 Å². The average molecular weight is 444 g/mol. The quantitative estimate of drug-likeness (QED) is 0.604. The summed E-state index contributed by atoms with van der Waals surface area (Å²) < 4.78 is 11.0. The molecular weight excluding hydrogens is 418 g/mol. The molecule has 168 valence electrons. The Morgan fingerprint density at radius 3 is 2.21 bits per heavy atom. The summed E-state index contributed by atoms with van der Waals surface area (Å²) >= 11 is 0. The van der Waals surface area contributed by atoms with E-state index in [0.29, 0.717) is 34.1 Å². The van der Waals surface area contributed by atoms with Crippen molar-refractivity contribution in [3.05, 3.63) is 83.9 Å². The van der Waals surface area contributed by atoms with Crippen molar-refractivity contribution in [3.8, 4) is 11.5 Å². The predicted octanol–water partition coefficient (Wildman–Crippen LogP) is 4.59. The van der Waals surface area contributed by atoms with E-state index in [9.17, 15) is 9.59 Å². The van der Waals surface area contributed by atoms with Crippen molar-refractivity contribution in [3.63, 3.8) is 0 Å². The summed E-state index contributed by atoms with van der Waals surface area (Å²) in [7, 11) is 3.09. The number of benzene rings is 3. The second kappa shape index (κ2) is 9.56. The number of carbonyl (C=O) groups is 2. The SMILES string of the molecule is COc1cc2c(cc1OC)C(CC(=O)Nc1ccccc1)C(=O)N(c1ccccc1)N=C2C. The lowest BCUT2D eigenvalue weighted by atomic mass is 9.88. The number of fused-ring (bicyclic) bond motifs is 1. The first-order chi connectivity index (χ1) is 16.0. The van der Waals surface area contributed by atoms with Crippen molar-refractivity contribution >= 4 is 28.9 Å². The molecule has 0 radical (unpaired) electrons. The van der Waals surface area contributed by atoms with Crippen LogP contribution in [0.4, 0.5) is 11.4 Å². The molecule has 1 N–H and O–H groups in total. The first kappa shape index (κ1) is 22.1. The largest absolute Gasteiger partial charge is 0.493 e. The van der Waals surface area contributed by atoms with Crippen LogP contribution >= 0.6 is 0 Å². The van der Waals surface area contributed by atoms with Crippen LogP contribution in [0.1, 0.15) is 30.4 Å². The minimum Gasteiger partial charge on any atom is -0.493 e. The predicted molar refractivity (Wildman–Crippen MR) is 128 cm³/mol. The van der Waals surface area contributed by atoms with Gasteiger partial charge in [-0.2, -0.15) is 10.1 Å². The third-order valence-electron chi connectivity index (χ3n) is 5.53. The smallest absolute Gasteiger partial charge is 0.255 e. The van der Waals surface area contributed by atoms with Crippen LogP contribution in [0.2, 0.25) is 0 Å². The Hall–Kier alpha value is -4.13. The number of methoxy groups -OCH3 is 2. The Morgan fingerprint density at radius 2 is 1.58 bits per heavy atom. The first-order valence-corrected chi connectivity index (χ1v) is 10.6. The van der Waals surface area contributed by atoms with E-state index < -0.39 is 5.92 Å². The van der Waals surface area contributed by atoms with Gasteiger partial charge in [-0.1, -0.05) is 36.4 Å². The Labute approximate surface area is 192 Å². The van der Waals surface area contributed by atoms with Crippen LogP contribution in [0.3, 0.4) is 0 Å². The maximum absolute atomic E-state index is 13.8. The number of nitrogens with zero attached hydrogens (tertiary/aromatic N) is 2. The van der Waals surface area contributed by atoms with Crippen molar-refractivity contribution in [2.75, 3.05) is 24.5 Å². The van der Waals surface area contributed by atoms with Gasteiger partial charge in [-0.25, -0.2) is 0 Å². The standard InChI is InChI=1S/C26H25N3O4/c1-17-20-14-23(32-2)24(33-3)15-21(20)22(16-25(30)27-18-10-6-4-7-11-18)26(31)29(28-17)19-12-8-5-9-13-19/h4-15,22H,16H2,1-3H3,(H,27,30). The summed E-state index contributed by atoms with van der Waals surface area (Å²) in [6.45, 7) is 1.83. The molecular formula is C26H25N3O4. The van der Waals surface area contributed by atoms with Crippen LogP contribution in [0.25, 0.3) is 0 Å². The molecule has 1 unspecified atom stereocenters. The number of nitrogens with one attached hydrogen (secondary N) is 1. The van der Waals surface area contributed by atoms with Crippen LogP contribution in [-0.4, -0.2) is 31.7 Å². The molecule has 33 heavy (non-hydrogen) atoms. The molecule has 7 heteroatoms. The number of hydrogen-bond donors (Lipinski definition) is 1. The summed E-state index contributed by atoms with van der Waals surface area (Å²) in [5, 5.41) is 8.86. The highest BCUT2D eigenvalue weighted by atomic mass is 16.5. The molecule has 1 heterocycles. The van der Waals surface area contributed by atoms with Crippen molar-refractivity contribution in [1.82, 2.24) is 0 Å². The van der Waals surface area contributed by atoms with Crippen molar-refractivity contribution in [1.29, 1.82) is 0 Å². The first-order valence-electron chi connectivity index (χ1n) is 10.6. The van der Waals surface area contributed by atoms with E-state index in [2.05, 4.69) is 10.4 Å². The van der Waals surface area contributed by atoms with Gasteiger partial charge in [-0.05, 0) is 48.9 Å². The van der Waals surface area contributed by atoms with Gasteiger partial charge in [-0.15, -0.1) is 0 Å². The highest BCUT2D eigenvalue weighted by Gasteiger charge is 2.35. The lowest BCUT2D eigenvalue weighted by Gasteiger charge is -2.22. The lowest BCUT2D eigenvalue weighted by Crippen LogP contribution is -2.32. The highest BCUT2D eigenvalue weighted by Crippen LogP contribution is 2.38. The zero-order chi connectivity index (χ0) is 23.4. The van der Waals surface area contributed by atoms with E-state index in [1.807, 2.05) is 55.5 Å². The topological polar surface area (TPSA) is 80.2 Å². The molecule has 4 rings (SSSR count). The number of amides is 2. The fraction of sp³-hybridized carbons (Fsp3) is 0.192. The van der Waals surface area contributed by atoms with Crippen LogP contribution in [0.5, 0.6) is 11.5 Å².